The van der Waals surface area contributed by atoms with Crippen molar-refractivity contribution in [1.29, 1.82) is 0 Å². The van der Waals surface area contributed by atoms with E-state index in [1.165, 1.54) is 24.4 Å². The van der Waals surface area contributed by atoms with Gasteiger partial charge in [-0.2, -0.15) is 5.10 Å². The van der Waals surface area contributed by atoms with E-state index in [1.54, 1.807) is 36.4 Å². The average molecular weight is 326 g/mol. The van der Waals surface area contributed by atoms with Gasteiger partial charge in [-0.15, -0.1) is 0 Å². The van der Waals surface area contributed by atoms with Crippen molar-refractivity contribution in [2.75, 3.05) is 6.54 Å². The molecule has 0 aliphatic heterocycles. The third-order valence-electron chi connectivity index (χ3n) is 2.93. The first kappa shape index (κ1) is 16.8. The Balaban J connectivity index is 1.82. The van der Waals surface area contributed by atoms with Crippen LogP contribution in [0.3, 0.4) is 0 Å². The molecule has 0 saturated carbocycles. The van der Waals surface area contributed by atoms with Crippen molar-refractivity contribution >= 4 is 23.7 Å². The lowest BCUT2D eigenvalue weighted by molar-refractivity contribution is -0.384. The number of nitro groups is 1. The average Bonchev–Trinajstić information content (AvgIpc) is 2.60. The van der Waals surface area contributed by atoms with Crippen molar-refractivity contribution in [2.24, 2.45) is 5.10 Å². The van der Waals surface area contributed by atoms with E-state index in [9.17, 15) is 19.7 Å². The summed E-state index contributed by atoms with van der Waals surface area (Å²) in [5.74, 6) is -0.880. The maximum absolute atomic E-state index is 11.8. The molecule has 0 spiro atoms. The molecule has 2 N–H and O–H groups in total. The third-order valence-corrected chi connectivity index (χ3v) is 2.93. The van der Waals surface area contributed by atoms with Gasteiger partial charge < -0.3 is 5.32 Å². The standard InChI is InChI=1S/C16H14N4O4/c21-15(11-17-16(22)13-6-2-1-3-7-13)19-18-10-12-5-4-8-14(9-12)20(23)24/h1-10H,11H2,(H,17,22)(H,19,21)/b18-10+. The molecule has 0 fully saturated rings. The summed E-state index contributed by atoms with van der Waals surface area (Å²) >= 11 is 0. The van der Waals surface area contributed by atoms with Crippen molar-refractivity contribution in [3.05, 3.63) is 75.8 Å². The van der Waals surface area contributed by atoms with Crippen molar-refractivity contribution in [1.82, 2.24) is 10.7 Å². The first-order valence-corrected chi connectivity index (χ1v) is 6.96. The Labute approximate surface area is 137 Å². The van der Waals surface area contributed by atoms with Crippen molar-refractivity contribution in [3.8, 4) is 0 Å². The summed E-state index contributed by atoms with van der Waals surface area (Å²) in [5, 5.41) is 16.8. The van der Waals surface area contributed by atoms with Gasteiger partial charge in [0.1, 0.15) is 0 Å². The van der Waals surface area contributed by atoms with E-state index in [2.05, 4.69) is 15.8 Å². The Morgan fingerprint density at radius 2 is 1.88 bits per heavy atom. The van der Waals surface area contributed by atoms with Crippen LogP contribution in [-0.2, 0) is 4.79 Å². The minimum absolute atomic E-state index is 0.0691. The molecule has 0 atom stereocenters. The number of hydrogen-bond donors (Lipinski definition) is 2. The number of hydrogen-bond acceptors (Lipinski definition) is 5. The Kier molecular flexibility index (Phi) is 5.73. The van der Waals surface area contributed by atoms with E-state index in [0.29, 0.717) is 11.1 Å². The molecule has 0 unspecified atom stereocenters. The Morgan fingerprint density at radius 3 is 2.58 bits per heavy atom. The van der Waals surface area contributed by atoms with Crippen LogP contribution in [0.5, 0.6) is 0 Å². The van der Waals surface area contributed by atoms with E-state index >= 15 is 0 Å². The molecule has 8 nitrogen and oxygen atoms in total. The summed E-state index contributed by atoms with van der Waals surface area (Å²) in [6.45, 7) is -0.236. The van der Waals surface area contributed by atoms with Gasteiger partial charge in [0.05, 0.1) is 17.7 Å². The number of amides is 2. The van der Waals surface area contributed by atoms with E-state index in [4.69, 9.17) is 0 Å². The molecule has 2 amide bonds. The summed E-state index contributed by atoms with van der Waals surface area (Å²) in [7, 11) is 0. The lowest BCUT2D eigenvalue weighted by atomic mass is 10.2. The molecular formula is C16H14N4O4. The molecule has 0 aliphatic rings. The quantitative estimate of drug-likeness (QED) is 0.475. The van der Waals surface area contributed by atoms with Crippen LogP contribution < -0.4 is 10.7 Å². The molecule has 24 heavy (non-hydrogen) atoms. The third kappa shape index (κ3) is 5.02. The number of nitrogens with zero attached hydrogens (tertiary/aromatic N) is 2. The molecular weight excluding hydrogens is 312 g/mol. The van der Waals surface area contributed by atoms with E-state index in [-0.39, 0.29) is 18.1 Å². The summed E-state index contributed by atoms with van der Waals surface area (Å²) in [5.41, 5.74) is 3.08. The predicted octanol–water partition coefficient (Wildman–Crippen LogP) is 1.47. The van der Waals surface area contributed by atoms with E-state index < -0.39 is 10.8 Å². The molecule has 0 saturated heterocycles. The van der Waals surface area contributed by atoms with E-state index in [1.807, 2.05) is 0 Å². The second-order valence-electron chi connectivity index (χ2n) is 4.69. The second-order valence-corrected chi connectivity index (χ2v) is 4.69. The maximum atomic E-state index is 11.8. The second kappa shape index (κ2) is 8.18. The SMILES string of the molecule is O=C(CNC(=O)c1ccccc1)N/N=C/c1cccc([N+](=O)[O-])c1. The fourth-order valence-electron chi connectivity index (χ4n) is 1.79. The first-order valence-electron chi connectivity index (χ1n) is 6.96. The molecule has 122 valence electrons. The molecule has 0 aromatic heterocycles. The number of rotatable bonds is 6. The minimum Gasteiger partial charge on any atom is -0.343 e. The van der Waals surface area contributed by atoms with Crippen LogP contribution in [0.25, 0.3) is 0 Å². The summed E-state index contributed by atoms with van der Waals surface area (Å²) in [6.07, 6.45) is 1.28. The summed E-state index contributed by atoms with van der Waals surface area (Å²) in [4.78, 5) is 33.5. The first-order chi connectivity index (χ1) is 11.6. The summed E-state index contributed by atoms with van der Waals surface area (Å²) in [6, 6.07) is 14.3. The van der Waals surface area contributed by atoms with Gasteiger partial charge in [-0.3, -0.25) is 19.7 Å². The van der Waals surface area contributed by atoms with Crippen LogP contribution in [0.4, 0.5) is 5.69 Å². The topological polar surface area (TPSA) is 114 Å². The molecule has 2 aromatic rings. The predicted molar refractivity (Wildman–Crippen MR) is 87.6 cm³/mol. The van der Waals surface area contributed by atoms with Crippen molar-refractivity contribution in [2.45, 2.75) is 0 Å². The lowest BCUT2D eigenvalue weighted by Gasteiger charge is -2.03. The number of benzene rings is 2. The largest absolute Gasteiger partial charge is 0.343 e. The fourth-order valence-corrected chi connectivity index (χ4v) is 1.79. The van der Waals surface area contributed by atoms with Crippen LogP contribution in [0, 0.1) is 10.1 Å². The zero-order chi connectivity index (χ0) is 17.4. The van der Waals surface area contributed by atoms with Crippen LogP contribution in [0.15, 0.2) is 59.7 Å². The van der Waals surface area contributed by atoms with Crippen molar-refractivity contribution in [3.63, 3.8) is 0 Å². The van der Waals surface area contributed by atoms with Gasteiger partial charge in [0.2, 0.25) is 0 Å². The molecule has 2 aromatic carbocycles. The highest BCUT2D eigenvalue weighted by Crippen LogP contribution is 2.11. The highest BCUT2D eigenvalue weighted by Gasteiger charge is 2.07. The van der Waals surface area contributed by atoms with Gasteiger partial charge >= 0.3 is 0 Å². The van der Waals surface area contributed by atoms with Gasteiger partial charge in [-0.1, -0.05) is 30.3 Å². The van der Waals surface area contributed by atoms with Gasteiger partial charge in [0.25, 0.3) is 17.5 Å². The number of non-ortho nitro benzene ring substituents is 1. The van der Waals surface area contributed by atoms with Gasteiger partial charge in [0.15, 0.2) is 0 Å². The van der Waals surface area contributed by atoms with Gasteiger partial charge in [-0.05, 0) is 12.1 Å². The van der Waals surface area contributed by atoms with Crippen molar-refractivity contribution < 1.29 is 14.5 Å². The zero-order valence-electron chi connectivity index (χ0n) is 12.5. The molecule has 0 aliphatic carbocycles. The Hall–Kier alpha value is -3.55. The number of carbonyl (C=O) groups excluding carboxylic acids is 2. The smallest absolute Gasteiger partial charge is 0.270 e. The zero-order valence-corrected chi connectivity index (χ0v) is 12.5. The molecule has 2 rings (SSSR count). The normalized spacial score (nSPS) is 10.3. The Bertz CT molecular complexity index is 775. The number of hydrazone groups is 1. The van der Waals surface area contributed by atoms with Crippen LogP contribution >= 0.6 is 0 Å². The maximum Gasteiger partial charge on any atom is 0.270 e. The molecule has 8 heteroatoms. The van der Waals surface area contributed by atoms with Gasteiger partial charge in [-0.25, -0.2) is 5.43 Å². The Morgan fingerprint density at radius 1 is 1.12 bits per heavy atom. The molecule has 0 bridgehead atoms. The van der Waals surface area contributed by atoms with Crippen LogP contribution in [0.1, 0.15) is 15.9 Å². The van der Waals surface area contributed by atoms with Crippen LogP contribution in [-0.4, -0.2) is 29.5 Å². The van der Waals surface area contributed by atoms with E-state index in [0.717, 1.165) is 0 Å². The molecule has 0 heterocycles. The number of nitro benzene ring substituents is 1. The molecule has 0 radical (unpaired) electrons. The lowest BCUT2D eigenvalue weighted by Crippen LogP contribution is -2.34. The fraction of sp³-hybridized carbons (Fsp3) is 0.0625. The summed E-state index contributed by atoms with van der Waals surface area (Å²) < 4.78 is 0. The monoisotopic (exact) mass is 326 g/mol. The number of carbonyl (C=O) groups is 2. The number of nitrogens with one attached hydrogen (secondary N) is 2. The highest BCUT2D eigenvalue weighted by atomic mass is 16.6. The van der Waals surface area contributed by atoms with Crippen LogP contribution in [0.2, 0.25) is 0 Å². The van der Waals surface area contributed by atoms with Gasteiger partial charge in [0, 0.05) is 23.3 Å². The minimum atomic E-state index is -0.519. The highest BCUT2D eigenvalue weighted by molar-refractivity contribution is 5.96.